The second-order valence-corrected chi connectivity index (χ2v) is 5.86. The lowest BCUT2D eigenvalue weighted by atomic mass is 10.3. The maximum Gasteiger partial charge on any atom is 0.433 e. The van der Waals surface area contributed by atoms with Gasteiger partial charge in [-0.05, 0) is 25.3 Å². The molecule has 1 heterocycles. The zero-order valence-corrected chi connectivity index (χ0v) is 13.9. The minimum Gasteiger partial charge on any atom is -0.394 e. The number of nitrogens with one attached hydrogen (secondary N) is 2. The van der Waals surface area contributed by atoms with Crippen molar-refractivity contribution in [3.63, 3.8) is 0 Å². The molecule has 0 aliphatic heterocycles. The van der Waals surface area contributed by atoms with Gasteiger partial charge in [0.1, 0.15) is 5.82 Å². The Hall–Kier alpha value is -2.00. The van der Waals surface area contributed by atoms with E-state index in [0.29, 0.717) is 5.69 Å². The average Bonchev–Trinajstić information content (AvgIpc) is 2.54. The number of halogens is 3. The number of aliphatic hydroxyl groups is 1. The van der Waals surface area contributed by atoms with E-state index in [2.05, 4.69) is 20.6 Å². The summed E-state index contributed by atoms with van der Waals surface area (Å²) in [4.78, 5) is 8.40. The first-order valence-corrected chi connectivity index (χ1v) is 8.29. The summed E-state index contributed by atoms with van der Waals surface area (Å²) in [5, 5.41) is 14.6. The van der Waals surface area contributed by atoms with Gasteiger partial charge >= 0.3 is 6.18 Å². The summed E-state index contributed by atoms with van der Waals surface area (Å²) in [6, 6.07) is 7.61. The molecular formula is C15H17F3N4OS. The second kappa shape index (κ2) is 7.71. The number of aliphatic hydroxyl groups excluding tert-OH is 1. The van der Waals surface area contributed by atoms with Crippen LogP contribution in [0.3, 0.4) is 0 Å². The summed E-state index contributed by atoms with van der Waals surface area (Å²) in [5.74, 6) is -0.179. The summed E-state index contributed by atoms with van der Waals surface area (Å²) >= 11 is 1.47. The predicted octanol–water partition coefficient (Wildman–Crippen LogP) is 3.75. The van der Waals surface area contributed by atoms with Crippen LogP contribution < -0.4 is 10.6 Å². The van der Waals surface area contributed by atoms with E-state index < -0.39 is 17.9 Å². The molecule has 9 heteroatoms. The van der Waals surface area contributed by atoms with Crippen molar-refractivity contribution in [2.75, 3.05) is 23.5 Å². The van der Waals surface area contributed by atoms with Crippen LogP contribution >= 0.6 is 11.8 Å². The molecule has 1 aromatic heterocycles. The number of benzene rings is 1. The first-order valence-electron chi connectivity index (χ1n) is 7.07. The molecule has 2 rings (SSSR count). The van der Waals surface area contributed by atoms with Crippen LogP contribution in [0.2, 0.25) is 0 Å². The monoisotopic (exact) mass is 358 g/mol. The number of hydrogen-bond acceptors (Lipinski definition) is 6. The number of hydrogen-bond donors (Lipinski definition) is 3. The van der Waals surface area contributed by atoms with Crippen LogP contribution in [0.5, 0.6) is 0 Å². The lowest BCUT2D eigenvalue weighted by Crippen LogP contribution is -2.22. The summed E-state index contributed by atoms with van der Waals surface area (Å²) < 4.78 is 39.2. The van der Waals surface area contributed by atoms with Crippen molar-refractivity contribution in [1.82, 2.24) is 9.97 Å². The van der Waals surface area contributed by atoms with Crippen LogP contribution in [0.4, 0.5) is 30.6 Å². The molecule has 5 nitrogen and oxygen atoms in total. The SMILES string of the molecule is CSc1ccccc1Nc1cc(C(F)(F)F)nc(N[C@H](C)CO)n1. The Morgan fingerprint density at radius 1 is 1.25 bits per heavy atom. The van der Waals surface area contributed by atoms with Gasteiger partial charge in [-0.15, -0.1) is 11.8 Å². The molecule has 2 aromatic rings. The Kier molecular flexibility index (Phi) is 5.89. The van der Waals surface area contributed by atoms with E-state index in [1.807, 2.05) is 18.4 Å². The van der Waals surface area contributed by atoms with Gasteiger partial charge in [0.05, 0.1) is 12.3 Å². The van der Waals surface area contributed by atoms with Crippen LogP contribution in [0.15, 0.2) is 35.2 Å². The highest BCUT2D eigenvalue weighted by Gasteiger charge is 2.34. The number of alkyl halides is 3. The average molecular weight is 358 g/mol. The van der Waals surface area contributed by atoms with Gasteiger partial charge in [-0.1, -0.05) is 12.1 Å². The Bertz CT molecular complexity index is 697. The van der Waals surface area contributed by atoms with Gasteiger partial charge in [0.15, 0.2) is 5.69 Å². The summed E-state index contributed by atoms with van der Waals surface area (Å²) in [7, 11) is 0. The normalized spacial score (nSPS) is 12.8. The predicted molar refractivity (Wildman–Crippen MR) is 88.7 cm³/mol. The van der Waals surface area contributed by atoms with Gasteiger partial charge in [0.25, 0.3) is 0 Å². The highest BCUT2D eigenvalue weighted by atomic mass is 32.2. The Morgan fingerprint density at radius 2 is 1.96 bits per heavy atom. The third-order valence-corrected chi connectivity index (χ3v) is 3.83. The largest absolute Gasteiger partial charge is 0.433 e. The summed E-state index contributed by atoms with van der Waals surface area (Å²) in [6.07, 6.45) is -2.73. The van der Waals surface area contributed by atoms with Gasteiger partial charge in [0.2, 0.25) is 5.95 Å². The van der Waals surface area contributed by atoms with Crippen molar-refractivity contribution in [1.29, 1.82) is 0 Å². The highest BCUT2D eigenvalue weighted by Crippen LogP contribution is 2.32. The van der Waals surface area contributed by atoms with Crippen LogP contribution in [0.1, 0.15) is 12.6 Å². The van der Waals surface area contributed by atoms with Crippen molar-refractivity contribution in [3.05, 3.63) is 36.0 Å². The fourth-order valence-electron chi connectivity index (χ4n) is 1.87. The lowest BCUT2D eigenvalue weighted by Gasteiger charge is -2.16. The van der Waals surface area contributed by atoms with Crippen LogP contribution in [0, 0.1) is 0 Å². The maximum atomic E-state index is 13.1. The van der Waals surface area contributed by atoms with Gasteiger partial charge < -0.3 is 15.7 Å². The van der Waals surface area contributed by atoms with E-state index in [9.17, 15) is 13.2 Å². The number of nitrogens with zero attached hydrogens (tertiary/aromatic N) is 2. The Morgan fingerprint density at radius 3 is 2.58 bits per heavy atom. The fourth-order valence-corrected chi connectivity index (χ4v) is 2.43. The molecule has 1 aromatic carbocycles. The van der Waals surface area contributed by atoms with E-state index in [4.69, 9.17) is 5.11 Å². The van der Waals surface area contributed by atoms with Crippen molar-refractivity contribution in [3.8, 4) is 0 Å². The summed E-state index contributed by atoms with van der Waals surface area (Å²) in [5.41, 5.74) is -0.410. The number of thioether (sulfide) groups is 1. The molecule has 0 saturated carbocycles. The number of anilines is 3. The van der Waals surface area contributed by atoms with Crippen LogP contribution in [0.25, 0.3) is 0 Å². The van der Waals surface area contributed by atoms with E-state index >= 15 is 0 Å². The molecule has 24 heavy (non-hydrogen) atoms. The quantitative estimate of drug-likeness (QED) is 0.683. The number of rotatable bonds is 6. The molecule has 0 radical (unpaired) electrons. The molecule has 0 saturated heterocycles. The molecule has 0 unspecified atom stereocenters. The molecule has 0 aliphatic rings. The lowest BCUT2D eigenvalue weighted by molar-refractivity contribution is -0.141. The van der Waals surface area contributed by atoms with Gasteiger partial charge in [-0.2, -0.15) is 18.2 Å². The second-order valence-electron chi connectivity index (χ2n) is 5.01. The Labute approximate surface area is 141 Å². The van der Waals surface area contributed by atoms with E-state index in [1.165, 1.54) is 11.8 Å². The summed E-state index contributed by atoms with van der Waals surface area (Å²) in [6.45, 7) is 1.36. The molecule has 0 aliphatic carbocycles. The molecule has 0 spiro atoms. The Balaban J connectivity index is 2.39. The van der Waals surface area contributed by atoms with E-state index in [-0.39, 0.29) is 18.4 Å². The number of aromatic nitrogens is 2. The van der Waals surface area contributed by atoms with Crippen molar-refractivity contribution < 1.29 is 18.3 Å². The van der Waals surface area contributed by atoms with Crippen LogP contribution in [-0.4, -0.2) is 34.0 Å². The van der Waals surface area contributed by atoms with Gasteiger partial charge in [0, 0.05) is 17.0 Å². The van der Waals surface area contributed by atoms with E-state index in [0.717, 1.165) is 11.0 Å². The molecular weight excluding hydrogens is 341 g/mol. The zero-order chi connectivity index (χ0) is 17.7. The molecule has 3 N–H and O–H groups in total. The standard InChI is InChI=1S/C15H17F3N4OS/c1-9(8-23)19-14-21-12(15(16,17)18)7-13(22-14)20-10-5-3-4-6-11(10)24-2/h3-7,9,23H,8H2,1-2H3,(H2,19,20,21,22)/t9-/m1/s1. The third kappa shape index (κ3) is 4.75. The molecule has 0 fully saturated rings. The first kappa shape index (κ1) is 18.3. The smallest absolute Gasteiger partial charge is 0.394 e. The highest BCUT2D eigenvalue weighted by molar-refractivity contribution is 7.98. The topological polar surface area (TPSA) is 70.1 Å². The third-order valence-electron chi connectivity index (χ3n) is 3.04. The van der Waals surface area contributed by atoms with Gasteiger partial charge in [-0.3, -0.25) is 0 Å². The van der Waals surface area contributed by atoms with Crippen molar-refractivity contribution >= 4 is 29.2 Å². The zero-order valence-electron chi connectivity index (χ0n) is 13.1. The maximum absolute atomic E-state index is 13.1. The minimum atomic E-state index is -4.60. The van der Waals surface area contributed by atoms with Crippen molar-refractivity contribution in [2.24, 2.45) is 0 Å². The number of para-hydroxylation sites is 1. The van der Waals surface area contributed by atoms with Gasteiger partial charge in [-0.25, -0.2) is 4.98 Å². The molecule has 0 amide bonds. The van der Waals surface area contributed by atoms with E-state index in [1.54, 1.807) is 19.1 Å². The molecule has 0 bridgehead atoms. The molecule has 1 atom stereocenters. The molecule has 130 valence electrons. The fraction of sp³-hybridized carbons (Fsp3) is 0.333. The van der Waals surface area contributed by atoms with Crippen LogP contribution in [-0.2, 0) is 6.18 Å². The van der Waals surface area contributed by atoms with Crippen molar-refractivity contribution in [2.45, 2.75) is 24.0 Å². The first-order chi connectivity index (χ1) is 11.3. The minimum absolute atomic E-state index is 0.0199.